The summed E-state index contributed by atoms with van der Waals surface area (Å²) in [5.74, 6) is 3.61. The van der Waals surface area contributed by atoms with E-state index in [9.17, 15) is 0 Å². The van der Waals surface area contributed by atoms with Crippen LogP contribution in [0.15, 0.2) is 83.8 Å². The van der Waals surface area contributed by atoms with Crippen LogP contribution in [0.4, 0.5) is 0 Å². The molecule has 0 unspecified atom stereocenters. The van der Waals surface area contributed by atoms with Crippen LogP contribution in [0.2, 0.25) is 0 Å². The van der Waals surface area contributed by atoms with Gasteiger partial charge in [-0.25, -0.2) is 4.98 Å². The van der Waals surface area contributed by atoms with E-state index in [4.69, 9.17) is 14.5 Å². The van der Waals surface area contributed by atoms with Crippen molar-refractivity contribution in [2.45, 2.75) is 11.3 Å². The van der Waals surface area contributed by atoms with Gasteiger partial charge in [-0.05, 0) is 60.7 Å². The number of benzene rings is 3. The highest BCUT2D eigenvalue weighted by atomic mass is 32.2. The van der Waals surface area contributed by atoms with Crippen LogP contribution in [0, 0.1) is 0 Å². The van der Waals surface area contributed by atoms with Crippen molar-refractivity contribution in [2.24, 2.45) is 0 Å². The Labute approximate surface area is 181 Å². The zero-order valence-electron chi connectivity index (χ0n) is 17.1. The first-order valence-corrected chi connectivity index (χ1v) is 10.8. The molecule has 0 bridgehead atoms. The number of H-pyrrole nitrogens is 1. The second kappa shape index (κ2) is 9.55. The van der Waals surface area contributed by atoms with E-state index in [0.717, 1.165) is 52.0 Å². The Balaban J connectivity index is 1.61. The lowest BCUT2D eigenvalue weighted by atomic mass is 10.0. The molecule has 30 heavy (non-hydrogen) atoms. The number of aromatic amines is 1. The monoisotopic (exact) mass is 416 g/mol. The van der Waals surface area contributed by atoms with Crippen LogP contribution < -0.4 is 9.47 Å². The maximum atomic E-state index is 5.30. The van der Waals surface area contributed by atoms with Crippen molar-refractivity contribution in [3.63, 3.8) is 0 Å². The van der Waals surface area contributed by atoms with Crippen LogP contribution in [0.5, 0.6) is 11.5 Å². The molecular formula is C25H24N2O2S. The molecule has 0 saturated carbocycles. The van der Waals surface area contributed by atoms with Gasteiger partial charge >= 0.3 is 0 Å². The molecule has 0 aliphatic heterocycles. The minimum atomic E-state index is 0.833. The van der Waals surface area contributed by atoms with E-state index in [1.165, 1.54) is 4.90 Å². The number of aryl methyl sites for hydroxylation is 1. The number of hydrogen-bond acceptors (Lipinski definition) is 4. The Morgan fingerprint density at radius 1 is 0.767 bits per heavy atom. The Bertz CT molecular complexity index is 1010. The average molecular weight is 417 g/mol. The van der Waals surface area contributed by atoms with Crippen molar-refractivity contribution in [1.29, 1.82) is 0 Å². The highest BCUT2D eigenvalue weighted by molar-refractivity contribution is 7.99. The summed E-state index contributed by atoms with van der Waals surface area (Å²) >= 11 is 1.84. The van der Waals surface area contributed by atoms with Gasteiger partial charge in [0.1, 0.15) is 17.3 Å². The van der Waals surface area contributed by atoms with Gasteiger partial charge in [0.2, 0.25) is 0 Å². The highest BCUT2D eigenvalue weighted by Crippen LogP contribution is 2.32. The molecule has 0 amide bonds. The molecule has 3 aromatic carbocycles. The van der Waals surface area contributed by atoms with Gasteiger partial charge in [0.15, 0.2) is 0 Å². The summed E-state index contributed by atoms with van der Waals surface area (Å²) in [6.07, 6.45) is 0.860. The first-order chi connectivity index (χ1) is 14.8. The fourth-order valence-corrected chi connectivity index (χ4v) is 4.13. The van der Waals surface area contributed by atoms with E-state index in [2.05, 4.69) is 41.4 Å². The molecule has 1 aromatic heterocycles. The van der Waals surface area contributed by atoms with Gasteiger partial charge in [-0.1, -0.05) is 18.2 Å². The number of imidazole rings is 1. The van der Waals surface area contributed by atoms with Crippen LogP contribution >= 0.6 is 11.8 Å². The number of thioether (sulfide) groups is 1. The Kier molecular flexibility index (Phi) is 6.40. The molecule has 0 aliphatic carbocycles. The smallest absolute Gasteiger partial charge is 0.118 e. The SMILES string of the molecule is COc1ccc(-c2nc(CCSc3ccccc3)[nH]c2-c2ccc(OC)cc2)cc1. The van der Waals surface area contributed by atoms with Crippen molar-refractivity contribution < 1.29 is 9.47 Å². The Morgan fingerprint density at radius 2 is 1.37 bits per heavy atom. The quantitative estimate of drug-likeness (QED) is 0.353. The topological polar surface area (TPSA) is 47.1 Å². The maximum Gasteiger partial charge on any atom is 0.118 e. The zero-order chi connectivity index (χ0) is 20.8. The van der Waals surface area contributed by atoms with Crippen LogP contribution in [0.1, 0.15) is 5.82 Å². The lowest BCUT2D eigenvalue weighted by molar-refractivity contribution is 0.414. The van der Waals surface area contributed by atoms with Gasteiger partial charge in [0.05, 0.1) is 25.6 Å². The van der Waals surface area contributed by atoms with Crippen LogP contribution in [0.3, 0.4) is 0 Å². The van der Waals surface area contributed by atoms with E-state index >= 15 is 0 Å². The highest BCUT2D eigenvalue weighted by Gasteiger charge is 2.14. The van der Waals surface area contributed by atoms with Gasteiger partial charge in [-0.2, -0.15) is 0 Å². The number of hydrogen-bond donors (Lipinski definition) is 1. The van der Waals surface area contributed by atoms with Crippen LogP contribution in [-0.2, 0) is 6.42 Å². The Morgan fingerprint density at radius 3 is 1.97 bits per heavy atom. The summed E-state index contributed by atoms with van der Waals surface area (Å²) in [5.41, 5.74) is 4.10. The lowest BCUT2D eigenvalue weighted by Crippen LogP contribution is -1.91. The minimum Gasteiger partial charge on any atom is -0.497 e. The molecule has 152 valence electrons. The zero-order valence-corrected chi connectivity index (χ0v) is 17.9. The number of nitrogens with one attached hydrogen (secondary N) is 1. The predicted octanol–water partition coefficient (Wildman–Crippen LogP) is 6.10. The first kappa shape index (κ1) is 20.1. The largest absolute Gasteiger partial charge is 0.497 e. The van der Waals surface area contributed by atoms with E-state index in [1.54, 1.807) is 14.2 Å². The fourth-order valence-electron chi connectivity index (χ4n) is 3.25. The van der Waals surface area contributed by atoms with Gasteiger partial charge in [0.25, 0.3) is 0 Å². The molecule has 1 heterocycles. The predicted molar refractivity (Wildman–Crippen MR) is 123 cm³/mol. The van der Waals surface area contributed by atoms with Crippen LogP contribution in [-0.4, -0.2) is 29.9 Å². The Hall–Kier alpha value is -3.18. The molecule has 0 saturated heterocycles. The third-order valence-electron chi connectivity index (χ3n) is 4.85. The van der Waals surface area contributed by atoms with E-state index in [-0.39, 0.29) is 0 Å². The van der Waals surface area contributed by atoms with Crippen molar-refractivity contribution in [3.05, 3.63) is 84.7 Å². The summed E-state index contributed by atoms with van der Waals surface area (Å²) in [7, 11) is 3.35. The summed E-state index contributed by atoms with van der Waals surface area (Å²) < 4.78 is 10.6. The number of aromatic nitrogens is 2. The second-order valence-corrected chi connectivity index (χ2v) is 7.94. The summed E-state index contributed by atoms with van der Waals surface area (Å²) in [6.45, 7) is 0. The molecule has 0 aliphatic rings. The summed E-state index contributed by atoms with van der Waals surface area (Å²) in [5, 5.41) is 0. The van der Waals surface area contributed by atoms with Gasteiger partial charge in [-0.3, -0.25) is 0 Å². The fraction of sp³-hybridized carbons (Fsp3) is 0.160. The number of methoxy groups -OCH3 is 2. The molecule has 4 rings (SSSR count). The molecule has 0 atom stereocenters. The molecule has 5 heteroatoms. The van der Waals surface area contributed by atoms with Gasteiger partial charge < -0.3 is 14.5 Å². The number of nitrogens with zero attached hydrogens (tertiary/aromatic N) is 1. The summed E-state index contributed by atoms with van der Waals surface area (Å²) in [4.78, 5) is 9.77. The molecule has 0 fully saturated rings. The second-order valence-electron chi connectivity index (χ2n) is 6.78. The number of ether oxygens (including phenoxy) is 2. The maximum absolute atomic E-state index is 5.30. The van der Waals surface area contributed by atoms with Crippen molar-refractivity contribution in [2.75, 3.05) is 20.0 Å². The first-order valence-electron chi connectivity index (χ1n) is 9.82. The minimum absolute atomic E-state index is 0.833. The summed E-state index contributed by atoms with van der Waals surface area (Å²) in [6, 6.07) is 26.5. The average Bonchev–Trinajstić information content (AvgIpc) is 3.24. The molecule has 4 nitrogen and oxygen atoms in total. The lowest BCUT2D eigenvalue weighted by Gasteiger charge is -2.06. The van der Waals surface area contributed by atoms with E-state index < -0.39 is 0 Å². The standard InChI is InChI=1S/C25H24N2O2S/c1-28-20-12-8-18(9-13-20)24-25(19-10-14-21(29-2)15-11-19)27-23(26-24)16-17-30-22-6-4-3-5-7-22/h3-15H,16-17H2,1-2H3,(H,26,27). The van der Waals surface area contributed by atoms with E-state index in [1.807, 2.05) is 54.2 Å². The van der Waals surface area contributed by atoms with Crippen LogP contribution in [0.25, 0.3) is 22.5 Å². The normalized spacial score (nSPS) is 10.7. The third-order valence-corrected chi connectivity index (χ3v) is 5.86. The van der Waals surface area contributed by atoms with Gasteiger partial charge in [0, 0.05) is 28.2 Å². The van der Waals surface area contributed by atoms with Gasteiger partial charge in [-0.15, -0.1) is 11.8 Å². The van der Waals surface area contributed by atoms with Crippen molar-refractivity contribution >= 4 is 11.8 Å². The molecular weight excluding hydrogens is 392 g/mol. The van der Waals surface area contributed by atoms with Crippen molar-refractivity contribution in [3.8, 4) is 34.0 Å². The molecule has 1 N–H and O–H groups in total. The molecule has 4 aromatic rings. The van der Waals surface area contributed by atoms with E-state index in [0.29, 0.717) is 0 Å². The third kappa shape index (κ3) is 4.69. The number of rotatable bonds is 8. The van der Waals surface area contributed by atoms with Crippen molar-refractivity contribution in [1.82, 2.24) is 9.97 Å². The molecule has 0 spiro atoms. The molecule has 0 radical (unpaired) electrons.